The molecule has 6 nitrogen and oxygen atoms in total. The summed E-state index contributed by atoms with van der Waals surface area (Å²) < 4.78 is 0. The van der Waals surface area contributed by atoms with Gasteiger partial charge in [-0.25, -0.2) is 0 Å². The topological polar surface area (TPSA) is 77.9 Å². The van der Waals surface area contributed by atoms with Crippen molar-refractivity contribution in [3.05, 3.63) is 65.7 Å². The van der Waals surface area contributed by atoms with Crippen molar-refractivity contribution in [2.75, 3.05) is 11.4 Å². The molecule has 1 aliphatic heterocycles. The van der Waals surface area contributed by atoms with Crippen LogP contribution in [-0.2, 0) is 9.59 Å². The summed E-state index contributed by atoms with van der Waals surface area (Å²) in [5.74, 6) is -0.381. The molecule has 0 bridgehead atoms. The molecule has 2 amide bonds. The minimum Gasteiger partial charge on any atom is -0.481 e. The summed E-state index contributed by atoms with van der Waals surface area (Å²) >= 11 is 0. The molecular weight excluding hydrogens is 416 g/mol. The smallest absolute Gasteiger partial charge is 0.303 e. The van der Waals surface area contributed by atoms with E-state index in [4.69, 9.17) is 5.11 Å². The number of amides is 2. The van der Waals surface area contributed by atoms with E-state index in [0.717, 1.165) is 43.4 Å². The molecule has 33 heavy (non-hydrogen) atoms. The van der Waals surface area contributed by atoms with Gasteiger partial charge in [0.15, 0.2) is 0 Å². The summed E-state index contributed by atoms with van der Waals surface area (Å²) in [7, 11) is 0. The number of rotatable bonds is 7. The number of fused-ring (bicyclic) bond motifs is 2. The number of anilines is 1. The highest BCUT2D eigenvalue weighted by molar-refractivity contribution is 6.07. The van der Waals surface area contributed by atoms with E-state index in [0.29, 0.717) is 18.0 Å². The van der Waals surface area contributed by atoms with Gasteiger partial charge in [0.2, 0.25) is 5.91 Å². The Hall–Kier alpha value is -3.15. The molecule has 2 saturated carbocycles. The Kier molecular flexibility index (Phi) is 5.92. The largest absolute Gasteiger partial charge is 0.481 e. The fraction of sp³-hybridized carbons (Fsp3) is 0.444. The van der Waals surface area contributed by atoms with Crippen molar-refractivity contribution in [1.82, 2.24) is 4.90 Å². The maximum absolute atomic E-state index is 13.7. The van der Waals surface area contributed by atoms with E-state index in [1.165, 1.54) is 0 Å². The molecule has 1 N–H and O–H groups in total. The van der Waals surface area contributed by atoms with Crippen LogP contribution < -0.4 is 4.90 Å². The Balaban J connectivity index is 1.55. The van der Waals surface area contributed by atoms with Gasteiger partial charge in [0.1, 0.15) is 0 Å². The molecule has 3 aliphatic rings. The lowest BCUT2D eigenvalue weighted by molar-refractivity contribution is -0.142. The van der Waals surface area contributed by atoms with E-state index in [-0.39, 0.29) is 42.7 Å². The van der Waals surface area contributed by atoms with Crippen molar-refractivity contribution in [3.63, 3.8) is 0 Å². The van der Waals surface area contributed by atoms with E-state index < -0.39 is 5.97 Å². The molecule has 2 fully saturated rings. The first-order chi connectivity index (χ1) is 16.0. The lowest BCUT2D eigenvalue weighted by Gasteiger charge is -2.47. The molecule has 0 spiro atoms. The molecule has 5 rings (SSSR count). The maximum Gasteiger partial charge on any atom is 0.303 e. The van der Waals surface area contributed by atoms with Crippen molar-refractivity contribution in [2.45, 2.75) is 57.0 Å². The van der Waals surface area contributed by atoms with Crippen molar-refractivity contribution in [2.24, 2.45) is 11.8 Å². The van der Waals surface area contributed by atoms with E-state index >= 15 is 0 Å². The average Bonchev–Trinajstić information content (AvgIpc) is 3.53. The summed E-state index contributed by atoms with van der Waals surface area (Å²) in [6, 6.07) is 17.3. The van der Waals surface area contributed by atoms with Gasteiger partial charge in [0.05, 0.1) is 12.5 Å². The molecule has 172 valence electrons. The number of carbonyl (C=O) groups excluding carboxylic acids is 2. The SMILES string of the molecule is O=C(O)CCC(=O)N(CC1CC1)[C@H]1c2ccccc2N(C(=O)c2ccccc2)[C@@H]2CCC[C@@H]21. The molecule has 2 aromatic rings. The van der Waals surface area contributed by atoms with Crippen LogP contribution in [-0.4, -0.2) is 40.4 Å². The minimum atomic E-state index is -0.947. The Morgan fingerprint density at radius 1 is 0.909 bits per heavy atom. The molecule has 0 unspecified atom stereocenters. The highest BCUT2D eigenvalue weighted by Gasteiger charge is 2.49. The molecule has 0 aromatic heterocycles. The number of hydrogen-bond donors (Lipinski definition) is 1. The normalized spacial score (nSPS) is 23.5. The zero-order valence-electron chi connectivity index (χ0n) is 18.7. The number of carbonyl (C=O) groups is 3. The van der Waals surface area contributed by atoms with Gasteiger partial charge >= 0.3 is 5.97 Å². The molecule has 0 saturated heterocycles. The van der Waals surface area contributed by atoms with Gasteiger partial charge in [-0.1, -0.05) is 42.8 Å². The third kappa shape index (κ3) is 4.26. The average molecular weight is 447 g/mol. The lowest BCUT2D eigenvalue weighted by atomic mass is 9.81. The van der Waals surface area contributed by atoms with Crippen LogP contribution in [0.1, 0.15) is 66.9 Å². The molecule has 6 heteroatoms. The Morgan fingerprint density at radius 2 is 1.64 bits per heavy atom. The fourth-order valence-electron chi connectivity index (χ4n) is 5.71. The first kappa shape index (κ1) is 21.7. The minimum absolute atomic E-state index is 0.00402. The lowest BCUT2D eigenvalue weighted by Crippen LogP contribution is -2.52. The third-order valence-electron chi connectivity index (χ3n) is 7.38. The highest BCUT2D eigenvalue weighted by Crippen LogP contribution is 2.51. The number of hydrogen-bond acceptors (Lipinski definition) is 3. The highest BCUT2D eigenvalue weighted by atomic mass is 16.4. The molecule has 1 heterocycles. The second-order valence-electron chi connectivity index (χ2n) is 9.59. The molecule has 0 radical (unpaired) electrons. The van der Waals surface area contributed by atoms with E-state index in [1.54, 1.807) is 0 Å². The number of carboxylic acids is 1. The fourth-order valence-corrected chi connectivity index (χ4v) is 5.71. The van der Waals surface area contributed by atoms with Crippen LogP contribution in [0.3, 0.4) is 0 Å². The van der Waals surface area contributed by atoms with Crippen molar-refractivity contribution in [3.8, 4) is 0 Å². The van der Waals surface area contributed by atoms with Crippen LogP contribution in [0.25, 0.3) is 0 Å². The van der Waals surface area contributed by atoms with E-state index in [9.17, 15) is 14.4 Å². The summed E-state index contributed by atoms with van der Waals surface area (Å²) in [5.41, 5.74) is 2.56. The number of carboxylic acid groups (broad SMARTS) is 1. The summed E-state index contributed by atoms with van der Waals surface area (Å²) in [6.07, 6.45) is 4.97. The predicted octanol–water partition coefficient (Wildman–Crippen LogP) is 4.66. The number of nitrogens with zero attached hydrogens (tertiary/aromatic N) is 2. The van der Waals surface area contributed by atoms with Gasteiger partial charge in [-0.3, -0.25) is 14.4 Å². The predicted molar refractivity (Wildman–Crippen MR) is 125 cm³/mol. The zero-order chi connectivity index (χ0) is 22.9. The van der Waals surface area contributed by atoms with Crippen LogP contribution >= 0.6 is 0 Å². The Morgan fingerprint density at radius 3 is 2.36 bits per heavy atom. The van der Waals surface area contributed by atoms with Crippen molar-refractivity contribution >= 4 is 23.5 Å². The van der Waals surface area contributed by atoms with Gasteiger partial charge in [0.25, 0.3) is 5.91 Å². The standard InChI is InChI=1S/C27H30N2O4/c30-24(15-16-25(31)32)28(17-18-13-14-18)26-20-9-4-5-11-22(20)29(23-12-6-10-21(23)26)27(33)19-7-2-1-3-8-19/h1-5,7-9,11,18,21,23,26H,6,10,12-17H2,(H,31,32)/t21-,23+,26-/m0/s1. The van der Waals surface area contributed by atoms with E-state index in [2.05, 4.69) is 0 Å². The van der Waals surface area contributed by atoms with Gasteiger partial charge in [-0.05, 0) is 55.4 Å². The first-order valence-electron chi connectivity index (χ1n) is 12.0. The monoisotopic (exact) mass is 446 g/mol. The van der Waals surface area contributed by atoms with Gasteiger partial charge in [0, 0.05) is 36.2 Å². The maximum atomic E-state index is 13.7. The Bertz CT molecular complexity index is 1050. The van der Waals surface area contributed by atoms with Crippen LogP contribution in [0, 0.1) is 11.8 Å². The second kappa shape index (κ2) is 9.00. The van der Waals surface area contributed by atoms with Crippen molar-refractivity contribution < 1.29 is 19.5 Å². The quantitative estimate of drug-likeness (QED) is 0.671. The van der Waals surface area contributed by atoms with Crippen LogP contribution in [0.15, 0.2) is 54.6 Å². The Labute approximate surface area is 194 Å². The summed E-state index contributed by atoms with van der Waals surface area (Å²) in [5, 5.41) is 9.15. The first-order valence-corrected chi connectivity index (χ1v) is 12.0. The molecule has 2 aliphatic carbocycles. The molecule has 2 aromatic carbocycles. The second-order valence-corrected chi connectivity index (χ2v) is 9.59. The van der Waals surface area contributed by atoms with Crippen LogP contribution in [0.5, 0.6) is 0 Å². The summed E-state index contributed by atoms with van der Waals surface area (Å²) in [4.78, 5) is 42.1. The number of benzene rings is 2. The van der Waals surface area contributed by atoms with Crippen molar-refractivity contribution in [1.29, 1.82) is 0 Å². The van der Waals surface area contributed by atoms with E-state index in [1.807, 2.05) is 64.4 Å². The molecular formula is C27H30N2O4. The molecule has 3 atom stereocenters. The van der Waals surface area contributed by atoms with Gasteiger partial charge < -0.3 is 14.9 Å². The number of aliphatic carboxylic acids is 1. The number of para-hydroxylation sites is 1. The summed E-state index contributed by atoms with van der Waals surface area (Å²) in [6.45, 7) is 0.674. The van der Waals surface area contributed by atoms with Gasteiger partial charge in [-0.2, -0.15) is 0 Å². The zero-order valence-corrected chi connectivity index (χ0v) is 18.7. The third-order valence-corrected chi connectivity index (χ3v) is 7.38. The van der Waals surface area contributed by atoms with Crippen LogP contribution in [0.2, 0.25) is 0 Å². The van der Waals surface area contributed by atoms with Crippen LogP contribution in [0.4, 0.5) is 5.69 Å². The van der Waals surface area contributed by atoms with Gasteiger partial charge in [-0.15, -0.1) is 0 Å².